The topological polar surface area (TPSA) is 53.1 Å². The number of H-pyrrole nitrogens is 1. The molecule has 0 aliphatic heterocycles. The fourth-order valence-electron chi connectivity index (χ4n) is 0.595. The van der Waals surface area contributed by atoms with Crippen LogP contribution >= 0.6 is 0 Å². The summed E-state index contributed by atoms with van der Waals surface area (Å²) >= 11 is 0. The highest BCUT2D eigenvalue weighted by Gasteiger charge is 1.84. The Bertz CT molecular complexity index is 262. The molecular formula is C10H13NO2. The Morgan fingerprint density at radius 1 is 1.62 bits per heavy atom. The van der Waals surface area contributed by atoms with Gasteiger partial charge in [0.05, 0.1) is 6.42 Å². The number of carbonyl (C=O) groups is 1. The lowest BCUT2D eigenvalue weighted by Crippen LogP contribution is -1.88. The molecule has 0 radical (unpaired) electrons. The lowest BCUT2D eigenvalue weighted by molar-refractivity contribution is -0.135. The molecule has 0 unspecified atom stereocenters. The summed E-state index contributed by atoms with van der Waals surface area (Å²) in [6, 6.07) is 3.91. The summed E-state index contributed by atoms with van der Waals surface area (Å²) in [5.41, 5.74) is 1.07. The van der Waals surface area contributed by atoms with Gasteiger partial charge in [-0.25, -0.2) is 0 Å². The lowest BCUT2D eigenvalue weighted by Gasteiger charge is -1.75. The van der Waals surface area contributed by atoms with Gasteiger partial charge in [0.1, 0.15) is 0 Å². The standard InChI is InChI=1S/C6H7N.C4H6O2/c1-2-6-4-3-5-7-6;1-2-3-4(5)6/h2-5,7H,1H2;2H,1,3H2,(H,5,6). The Labute approximate surface area is 77.4 Å². The normalized spacial score (nSPS) is 8.00. The van der Waals surface area contributed by atoms with E-state index in [4.69, 9.17) is 5.11 Å². The lowest BCUT2D eigenvalue weighted by atomic mass is 10.4. The van der Waals surface area contributed by atoms with Crippen molar-refractivity contribution < 1.29 is 9.90 Å². The third-order valence-electron chi connectivity index (χ3n) is 1.16. The molecule has 0 amide bonds. The van der Waals surface area contributed by atoms with Crippen LogP contribution in [0, 0.1) is 0 Å². The maximum Gasteiger partial charge on any atom is 0.307 e. The Hall–Kier alpha value is -1.77. The van der Waals surface area contributed by atoms with E-state index in [2.05, 4.69) is 18.1 Å². The molecule has 2 N–H and O–H groups in total. The first-order valence-corrected chi connectivity index (χ1v) is 3.79. The molecule has 0 saturated carbocycles. The minimum absolute atomic E-state index is 0.0556. The number of carboxylic acid groups (broad SMARTS) is 1. The zero-order chi connectivity index (χ0) is 10.1. The van der Waals surface area contributed by atoms with E-state index in [1.165, 1.54) is 6.08 Å². The van der Waals surface area contributed by atoms with Gasteiger partial charge in [0.2, 0.25) is 0 Å². The summed E-state index contributed by atoms with van der Waals surface area (Å²) in [4.78, 5) is 12.5. The number of nitrogens with one attached hydrogen (secondary N) is 1. The van der Waals surface area contributed by atoms with E-state index >= 15 is 0 Å². The molecule has 1 aromatic heterocycles. The molecule has 70 valence electrons. The van der Waals surface area contributed by atoms with Crippen LogP contribution in [-0.2, 0) is 4.79 Å². The van der Waals surface area contributed by atoms with Crippen LogP contribution in [0.2, 0.25) is 0 Å². The van der Waals surface area contributed by atoms with Gasteiger partial charge in [0, 0.05) is 11.9 Å². The average Bonchev–Trinajstić information content (AvgIpc) is 2.56. The van der Waals surface area contributed by atoms with Gasteiger partial charge in [-0.05, 0) is 18.2 Å². The summed E-state index contributed by atoms with van der Waals surface area (Å²) in [7, 11) is 0. The fraction of sp³-hybridized carbons (Fsp3) is 0.100. The Morgan fingerprint density at radius 2 is 2.31 bits per heavy atom. The summed E-state index contributed by atoms with van der Waals surface area (Å²) in [5.74, 6) is -0.829. The SMILES string of the molecule is C=CCC(=O)O.C=Cc1ccc[nH]1. The average molecular weight is 179 g/mol. The highest BCUT2D eigenvalue weighted by molar-refractivity contribution is 5.68. The summed E-state index contributed by atoms with van der Waals surface area (Å²) in [6.07, 6.45) is 5.05. The molecular weight excluding hydrogens is 166 g/mol. The van der Waals surface area contributed by atoms with E-state index in [0.717, 1.165) is 5.69 Å². The van der Waals surface area contributed by atoms with Crippen molar-refractivity contribution in [3.8, 4) is 0 Å². The first-order valence-electron chi connectivity index (χ1n) is 3.79. The van der Waals surface area contributed by atoms with E-state index < -0.39 is 5.97 Å². The molecule has 0 atom stereocenters. The van der Waals surface area contributed by atoms with Crippen molar-refractivity contribution in [2.24, 2.45) is 0 Å². The van der Waals surface area contributed by atoms with Gasteiger partial charge in [0.25, 0.3) is 0 Å². The maximum absolute atomic E-state index is 9.53. The number of rotatable bonds is 3. The second-order valence-electron chi connectivity index (χ2n) is 2.22. The second-order valence-corrected chi connectivity index (χ2v) is 2.22. The molecule has 3 nitrogen and oxygen atoms in total. The molecule has 0 bridgehead atoms. The van der Waals surface area contributed by atoms with Crippen molar-refractivity contribution in [3.05, 3.63) is 43.3 Å². The van der Waals surface area contributed by atoms with E-state index in [0.29, 0.717) is 0 Å². The molecule has 3 heteroatoms. The van der Waals surface area contributed by atoms with Crippen molar-refractivity contribution in [1.29, 1.82) is 0 Å². The predicted molar refractivity (Wildman–Crippen MR) is 53.3 cm³/mol. The number of aromatic amines is 1. The minimum atomic E-state index is -0.829. The monoisotopic (exact) mass is 179 g/mol. The highest BCUT2D eigenvalue weighted by atomic mass is 16.4. The van der Waals surface area contributed by atoms with Crippen LogP contribution in [0.1, 0.15) is 12.1 Å². The number of aromatic nitrogens is 1. The molecule has 1 heterocycles. The van der Waals surface area contributed by atoms with E-state index in [1.807, 2.05) is 18.3 Å². The molecule has 1 rings (SSSR count). The molecule has 0 aliphatic carbocycles. The van der Waals surface area contributed by atoms with Crippen LogP contribution in [-0.4, -0.2) is 16.1 Å². The molecule has 0 aromatic carbocycles. The Kier molecular flexibility index (Phi) is 5.97. The Balaban J connectivity index is 0.000000226. The van der Waals surface area contributed by atoms with E-state index in [-0.39, 0.29) is 6.42 Å². The van der Waals surface area contributed by atoms with Gasteiger partial charge in [-0.15, -0.1) is 6.58 Å². The van der Waals surface area contributed by atoms with Gasteiger partial charge in [0.15, 0.2) is 0 Å². The number of hydrogen-bond acceptors (Lipinski definition) is 1. The maximum atomic E-state index is 9.53. The third-order valence-corrected chi connectivity index (χ3v) is 1.16. The van der Waals surface area contributed by atoms with E-state index in [9.17, 15) is 4.79 Å². The van der Waals surface area contributed by atoms with Crippen molar-refractivity contribution in [1.82, 2.24) is 4.98 Å². The van der Waals surface area contributed by atoms with Gasteiger partial charge in [-0.2, -0.15) is 0 Å². The van der Waals surface area contributed by atoms with Crippen molar-refractivity contribution in [2.45, 2.75) is 6.42 Å². The molecule has 0 spiro atoms. The second kappa shape index (κ2) is 6.91. The molecule has 0 fully saturated rings. The quantitative estimate of drug-likeness (QED) is 0.699. The summed E-state index contributed by atoms with van der Waals surface area (Å²) < 4.78 is 0. The number of aliphatic carboxylic acids is 1. The Morgan fingerprint density at radius 3 is 2.46 bits per heavy atom. The zero-order valence-electron chi connectivity index (χ0n) is 7.36. The van der Waals surface area contributed by atoms with Crippen LogP contribution in [0.4, 0.5) is 0 Å². The smallest absolute Gasteiger partial charge is 0.307 e. The zero-order valence-corrected chi connectivity index (χ0v) is 7.36. The molecule has 0 saturated heterocycles. The number of carboxylic acids is 1. The molecule has 13 heavy (non-hydrogen) atoms. The fourth-order valence-corrected chi connectivity index (χ4v) is 0.595. The predicted octanol–water partition coefficient (Wildman–Crippen LogP) is 2.30. The van der Waals surface area contributed by atoms with Crippen LogP contribution in [0.3, 0.4) is 0 Å². The van der Waals surface area contributed by atoms with Crippen molar-refractivity contribution >= 4 is 12.0 Å². The minimum Gasteiger partial charge on any atom is -0.481 e. The van der Waals surface area contributed by atoms with Crippen molar-refractivity contribution in [2.75, 3.05) is 0 Å². The van der Waals surface area contributed by atoms with Gasteiger partial charge >= 0.3 is 5.97 Å². The third kappa shape index (κ3) is 6.62. The number of hydrogen-bond donors (Lipinski definition) is 2. The van der Waals surface area contributed by atoms with Crippen LogP contribution in [0.15, 0.2) is 37.6 Å². The first-order chi connectivity index (χ1) is 6.20. The van der Waals surface area contributed by atoms with Gasteiger partial charge < -0.3 is 10.1 Å². The summed E-state index contributed by atoms with van der Waals surface area (Å²) in [5, 5.41) is 7.84. The van der Waals surface area contributed by atoms with Crippen LogP contribution in [0.25, 0.3) is 6.08 Å². The highest BCUT2D eigenvalue weighted by Crippen LogP contribution is 1.92. The van der Waals surface area contributed by atoms with Crippen molar-refractivity contribution in [3.63, 3.8) is 0 Å². The van der Waals surface area contributed by atoms with Gasteiger partial charge in [-0.1, -0.05) is 12.7 Å². The summed E-state index contributed by atoms with van der Waals surface area (Å²) in [6.45, 7) is 6.79. The molecule has 1 aromatic rings. The van der Waals surface area contributed by atoms with Crippen LogP contribution < -0.4 is 0 Å². The van der Waals surface area contributed by atoms with Gasteiger partial charge in [-0.3, -0.25) is 4.79 Å². The first kappa shape index (κ1) is 11.2. The molecule has 0 aliphatic rings. The van der Waals surface area contributed by atoms with E-state index in [1.54, 1.807) is 6.08 Å². The van der Waals surface area contributed by atoms with Crippen LogP contribution in [0.5, 0.6) is 0 Å². The largest absolute Gasteiger partial charge is 0.481 e.